The predicted molar refractivity (Wildman–Crippen MR) is 43.8 cm³/mol. The zero-order valence-corrected chi connectivity index (χ0v) is 7.07. The summed E-state index contributed by atoms with van der Waals surface area (Å²) in [5.41, 5.74) is -0.428. The average Bonchev–Trinajstić information content (AvgIpc) is 1.96. The van der Waals surface area contributed by atoms with Crippen LogP contribution in [0.15, 0.2) is 36.0 Å². The average molecular weight is 176 g/mol. The third kappa shape index (κ3) is 2.95. The Labute approximate surface area is 70.1 Å². The van der Waals surface area contributed by atoms with Gasteiger partial charge in [0.15, 0.2) is 0 Å². The summed E-state index contributed by atoms with van der Waals surface area (Å²) >= 11 is 0. The van der Waals surface area contributed by atoms with Crippen molar-refractivity contribution in [3.05, 3.63) is 36.0 Å². The molecule has 0 radical (unpaired) electrons. The van der Waals surface area contributed by atoms with Gasteiger partial charge in [-0.15, -0.1) is 0 Å². The fourth-order valence-corrected chi connectivity index (χ4v) is 0.723. The molecule has 0 bridgehead atoms. The molecular weight excluding hydrogens is 165 g/mol. The van der Waals surface area contributed by atoms with Gasteiger partial charge in [-0.05, 0) is 19.4 Å². The van der Waals surface area contributed by atoms with Gasteiger partial charge in [-0.25, -0.2) is 0 Å². The second kappa shape index (κ2) is 4.14. The van der Waals surface area contributed by atoms with Crippen LogP contribution in [0.1, 0.15) is 13.8 Å². The van der Waals surface area contributed by atoms with Crippen LogP contribution in [0, 0.1) is 0 Å². The van der Waals surface area contributed by atoms with Crippen molar-refractivity contribution in [2.75, 3.05) is 0 Å². The van der Waals surface area contributed by atoms with Crippen LogP contribution >= 0.6 is 0 Å². The van der Waals surface area contributed by atoms with Crippen LogP contribution in [-0.2, 0) is 0 Å². The smallest absolute Gasteiger partial charge is 0.166 e. The number of hydrogen-bond donors (Lipinski definition) is 0. The molecule has 0 saturated carbocycles. The number of alkyl halides is 3. The first-order chi connectivity index (χ1) is 5.43. The molecule has 0 amide bonds. The van der Waals surface area contributed by atoms with E-state index < -0.39 is 11.7 Å². The maximum absolute atomic E-state index is 12.2. The molecule has 0 aliphatic carbocycles. The van der Waals surface area contributed by atoms with Gasteiger partial charge in [0.25, 0.3) is 0 Å². The first kappa shape index (κ1) is 11.0. The summed E-state index contributed by atoms with van der Waals surface area (Å²) in [4.78, 5) is 0. The molecular formula is C9H11F3. The summed E-state index contributed by atoms with van der Waals surface area (Å²) in [6, 6.07) is 0. The van der Waals surface area contributed by atoms with E-state index in [-0.39, 0.29) is 5.57 Å². The van der Waals surface area contributed by atoms with Crippen molar-refractivity contribution in [3.8, 4) is 0 Å². The quantitative estimate of drug-likeness (QED) is 0.563. The van der Waals surface area contributed by atoms with Gasteiger partial charge < -0.3 is 0 Å². The molecule has 0 N–H and O–H groups in total. The minimum atomic E-state index is -4.29. The van der Waals surface area contributed by atoms with Gasteiger partial charge in [0.2, 0.25) is 0 Å². The number of allylic oxidation sites excluding steroid dienone is 5. The van der Waals surface area contributed by atoms with Crippen molar-refractivity contribution in [1.29, 1.82) is 0 Å². The monoisotopic (exact) mass is 176 g/mol. The molecule has 68 valence electrons. The molecule has 12 heavy (non-hydrogen) atoms. The van der Waals surface area contributed by atoms with E-state index in [0.29, 0.717) is 0 Å². The largest absolute Gasteiger partial charge is 0.416 e. The third-order valence-corrected chi connectivity index (χ3v) is 1.45. The molecule has 0 spiro atoms. The molecule has 0 rings (SSSR count). The van der Waals surface area contributed by atoms with Crippen LogP contribution in [0.4, 0.5) is 13.2 Å². The van der Waals surface area contributed by atoms with Crippen LogP contribution in [0.5, 0.6) is 0 Å². The van der Waals surface area contributed by atoms with Crippen LogP contribution in [0.3, 0.4) is 0 Å². The Morgan fingerprint density at radius 3 is 2.08 bits per heavy atom. The van der Waals surface area contributed by atoms with E-state index in [2.05, 4.69) is 6.58 Å². The van der Waals surface area contributed by atoms with Gasteiger partial charge in [0, 0.05) is 0 Å². The number of rotatable bonds is 2. The summed E-state index contributed by atoms with van der Waals surface area (Å²) in [5.74, 6) is 0. The van der Waals surface area contributed by atoms with Crippen LogP contribution < -0.4 is 0 Å². The van der Waals surface area contributed by atoms with E-state index >= 15 is 0 Å². The fourth-order valence-electron chi connectivity index (χ4n) is 0.723. The van der Waals surface area contributed by atoms with Crippen LogP contribution in [0.25, 0.3) is 0 Å². The van der Waals surface area contributed by atoms with Gasteiger partial charge >= 0.3 is 6.18 Å². The minimum absolute atomic E-state index is 0.211. The highest BCUT2D eigenvalue weighted by molar-refractivity contribution is 5.35. The molecule has 0 saturated heterocycles. The second-order valence-electron chi connectivity index (χ2n) is 2.29. The lowest BCUT2D eigenvalue weighted by Gasteiger charge is -2.10. The SMILES string of the molecule is C=CC=C(C(C)=CC)C(F)(F)F. The summed E-state index contributed by atoms with van der Waals surface area (Å²) in [6.45, 7) is 6.21. The normalized spacial score (nSPS) is 14.8. The van der Waals surface area contributed by atoms with Gasteiger partial charge in [-0.1, -0.05) is 24.8 Å². The van der Waals surface area contributed by atoms with Gasteiger partial charge in [0.1, 0.15) is 0 Å². The second-order valence-corrected chi connectivity index (χ2v) is 2.29. The van der Waals surface area contributed by atoms with Crippen molar-refractivity contribution in [2.24, 2.45) is 0 Å². The Balaban J connectivity index is 4.95. The van der Waals surface area contributed by atoms with E-state index in [1.54, 1.807) is 6.92 Å². The molecule has 0 unspecified atom stereocenters. The lowest BCUT2D eigenvalue weighted by Crippen LogP contribution is -2.12. The summed E-state index contributed by atoms with van der Waals surface area (Å²) < 4.78 is 36.6. The molecule has 0 heterocycles. The summed E-state index contributed by atoms with van der Waals surface area (Å²) in [6.07, 6.45) is -0.765. The molecule has 0 atom stereocenters. The summed E-state index contributed by atoms with van der Waals surface area (Å²) in [7, 11) is 0. The maximum atomic E-state index is 12.2. The van der Waals surface area contributed by atoms with Gasteiger partial charge in [-0.2, -0.15) is 13.2 Å². The highest BCUT2D eigenvalue weighted by atomic mass is 19.4. The fraction of sp³-hybridized carbons (Fsp3) is 0.333. The highest BCUT2D eigenvalue weighted by Gasteiger charge is 2.33. The zero-order valence-electron chi connectivity index (χ0n) is 7.07. The molecule has 3 heteroatoms. The Hall–Kier alpha value is -0.990. The molecule has 0 aromatic heterocycles. The Bertz CT molecular complexity index is 218. The van der Waals surface area contributed by atoms with Gasteiger partial charge in [-0.3, -0.25) is 0 Å². The number of halogens is 3. The van der Waals surface area contributed by atoms with Crippen molar-refractivity contribution in [3.63, 3.8) is 0 Å². The van der Waals surface area contributed by atoms with E-state index in [4.69, 9.17) is 0 Å². The van der Waals surface area contributed by atoms with E-state index in [1.807, 2.05) is 0 Å². The van der Waals surface area contributed by atoms with Crippen LogP contribution in [0.2, 0.25) is 0 Å². The predicted octanol–water partition coefficient (Wildman–Crippen LogP) is 3.63. The molecule has 0 aliphatic heterocycles. The van der Waals surface area contributed by atoms with E-state index in [0.717, 1.165) is 12.2 Å². The molecule has 0 aliphatic rings. The van der Waals surface area contributed by atoms with E-state index in [9.17, 15) is 13.2 Å². The van der Waals surface area contributed by atoms with Crippen LogP contribution in [-0.4, -0.2) is 6.18 Å². The first-order valence-corrected chi connectivity index (χ1v) is 3.46. The number of hydrogen-bond acceptors (Lipinski definition) is 0. The lowest BCUT2D eigenvalue weighted by molar-refractivity contribution is -0.0893. The van der Waals surface area contributed by atoms with Crippen molar-refractivity contribution >= 4 is 0 Å². The van der Waals surface area contributed by atoms with Crippen molar-refractivity contribution < 1.29 is 13.2 Å². The van der Waals surface area contributed by atoms with Gasteiger partial charge in [0.05, 0.1) is 5.57 Å². The summed E-state index contributed by atoms with van der Waals surface area (Å²) in [5, 5.41) is 0. The highest BCUT2D eigenvalue weighted by Crippen LogP contribution is 2.30. The topological polar surface area (TPSA) is 0 Å². The third-order valence-electron chi connectivity index (χ3n) is 1.45. The zero-order chi connectivity index (χ0) is 9.78. The van der Waals surface area contributed by atoms with Crippen molar-refractivity contribution in [2.45, 2.75) is 20.0 Å². The standard InChI is InChI=1S/C9H11F3/c1-4-6-8(7(3)5-2)9(10,11)12/h4-6H,1H2,2-3H3. The molecule has 0 aromatic rings. The Kier molecular flexibility index (Phi) is 3.80. The Morgan fingerprint density at radius 2 is 1.83 bits per heavy atom. The molecule has 0 aromatic carbocycles. The lowest BCUT2D eigenvalue weighted by atomic mass is 10.1. The van der Waals surface area contributed by atoms with Crippen molar-refractivity contribution in [1.82, 2.24) is 0 Å². The first-order valence-electron chi connectivity index (χ1n) is 3.46. The van der Waals surface area contributed by atoms with E-state index in [1.165, 1.54) is 13.0 Å². The minimum Gasteiger partial charge on any atom is -0.166 e. The molecule has 0 fully saturated rings. The molecule has 0 nitrogen and oxygen atoms in total. The Morgan fingerprint density at radius 1 is 1.33 bits per heavy atom. The maximum Gasteiger partial charge on any atom is 0.416 e.